The molecule has 73 heavy (non-hydrogen) atoms. The summed E-state index contributed by atoms with van der Waals surface area (Å²) < 4.78 is 76.7. The van der Waals surface area contributed by atoms with E-state index in [4.69, 9.17) is 12.3 Å². The van der Waals surface area contributed by atoms with Crippen LogP contribution >= 0.6 is 0 Å². The van der Waals surface area contributed by atoms with Crippen molar-refractivity contribution >= 4 is 0 Å². The lowest BCUT2D eigenvalue weighted by molar-refractivity contribution is -0.661. The predicted molar refractivity (Wildman–Crippen MR) is 311 cm³/mol. The normalized spacial score (nSPS) is 13.5. The fourth-order valence-corrected chi connectivity index (χ4v) is 9.67. The molecule has 0 fully saturated rings. The fourth-order valence-electron chi connectivity index (χ4n) is 9.67. The molecule has 8 rings (SSSR count). The van der Waals surface area contributed by atoms with Crippen LogP contribution in [0, 0.1) is 69.1 Å². The lowest BCUT2D eigenvalue weighted by Gasteiger charge is -2.12. The Balaban J connectivity index is 0.000000201. The number of hydrogen-bond donors (Lipinski definition) is 0. The van der Waals surface area contributed by atoms with Crippen molar-refractivity contribution in [2.24, 2.45) is 28.2 Å². The number of aryl methyl sites for hydroxylation is 15. The molecule has 0 amide bonds. The smallest absolute Gasteiger partial charge is 0.201 e. The van der Waals surface area contributed by atoms with Crippen LogP contribution in [0.1, 0.15) is 156 Å². The average molecular weight is 985 g/mol. The molecular weight excluding hydrogens is 885 g/mol. The lowest BCUT2D eigenvalue weighted by atomic mass is 9.95. The molecule has 0 aliphatic carbocycles. The lowest BCUT2D eigenvalue weighted by Crippen LogP contribution is -2.32. The first-order valence-electron chi connectivity index (χ1n) is 30.2. The van der Waals surface area contributed by atoms with Gasteiger partial charge in [0.1, 0.15) is 28.2 Å². The highest BCUT2D eigenvalue weighted by molar-refractivity contribution is 5.65. The number of pyridine rings is 4. The first-order chi connectivity index (χ1) is 37.8. The van der Waals surface area contributed by atoms with Crippen LogP contribution in [0.15, 0.2) is 134 Å². The van der Waals surface area contributed by atoms with E-state index in [1.165, 1.54) is 73.9 Å². The summed E-state index contributed by atoms with van der Waals surface area (Å²) >= 11 is 0. The van der Waals surface area contributed by atoms with E-state index in [0.29, 0.717) is 28.5 Å². The van der Waals surface area contributed by atoms with Crippen molar-refractivity contribution < 1.29 is 30.6 Å². The summed E-state index contributed by atoms with van der Waals surface area (Å²) in [5.41, 5.74) is 24.2. The zero-order chi connectivity index (χ0) is 61.7. The van der Waals surface area contributed by atoms with Crippen molar-refractivity contribution in [3.8, 4) is 45.0 Å². The maximum atomic E-state index is 8.12. The van der Waals surface area contributed by atoms with Crippen LogP contribution in [0.2, 0.25) is 0 Å². The first-order valence-corrected chi connectivity index (χ1v) is 25.7. The second-order valence-corrected chi connectivity index (χ2v) is 20.9. The molecule has 0 aliphatic heterocycles. The highest BCUT2D eigenvalue weighted by Gasteiger charge is 2.19. The molecule has 4 heterocycles. The maximum absolute atomic E-state index is 8.12. The summed E-state index contributed by atoms with van der Waals surface area (Å²) in [5, 5.41) is 0. The van der Waals surface area contributed by atoms with E-state index >= 15 is 0 Å². The minimum atomic E-state index is -2.10. The molecule has 0 saturated heterocycles. The Bertz CT molecular complexity index is 3310. The molecule has 0 atom stereocenters. The van der Waals surface area contributed by atoms with Crippen molar-refractivity contribution in [1.82, 2.24) is 0 Å². The first kappa shape index (κ1) is 45.1. The van der Waals surface area contributed by atoms with Gasteiger partial charge in [-0.05, 0) is 169 Å². The molecule has 4 heteroatoms. The molecule has 4 aromatic carbocycles. The van der Waals surface area contributed by atoms with Gasteiger partial charge >= 0.3 is 0 Å². The van der Waals surface area contributed by atoms with Crippen molar-refractivity contribution in [2.75, 3.05) is 0 Å². The third-order valence-electron chi connectivity index (χ3n) is 13.7. The van der Waals surface area contributed by atoms with Gasteiger partial charge in [-0.2, -0.15) is 0 Å². The average Bonchev–Trinajstić information content (AvgIpc) is 3.55. The van der Waals surface area contributed by atoms with Gasteiger partial charge in [-0.15, -0.1) is 0 Å². The minimum Gasteiger partial charge on any atom is -0.201 e. The van der Waals surface area contributed by atoms with Crippen LogP contribution in [0.3, 0.4) is 0 Å². The summed E-state index contributed by atoms with van der Waals surface area (Å²) in [6.45, 7) is 27.1. The van der Waals surface area contributed by atoms with Crippen LogP contribution < -0.4 is 18.3 Å². The summed E-state index contributed by atoms with van der Waals surface area (Å²) in [4.78, 5) is 0. The van der Waals surface area contributed by atoms with Gasteiger partial charge in [-0.3, -0.25) is 0 Å². The Labute approximate surface area is 455 Å². The number of hydrogen-bond acceptors (Lipinski definition) is 0. The maximum Gasteiger partial charge on any atom is 0.212 e. The van der Waals surface area contributed by atoms with Crippen molar-refractivity contribution in [3.05, 3.63) is 212 Å². The Kier molecular flexibility index (Phi) is 15.7. The van der Waals surface area contributed by atoms with Crippen LogP contribution in [0.4, 0.5) is 0 Å². The van der Waals surface area contributed by atoms with Crippen LogP contribution in [-0.4, -0.2) is 0 Å². The molecule has 382 valence electrons. The molecule has 0 spiro atoms. The predicted octanol–water partition coefficient (Wildman–Crippen LogP) is 15.7. The molecule has 0 saturated carbocycles. The molecule has 8 aromatic rings. The molecule has 0 unspecified atom stereocenters. The topological polar surface area (TPSA) is 15.5 Å². The Morgan fingerprint density at radius 1 is 0.397 bits per heavy atom. The van der Waals surface area contributed by atoms with E-state index in [-0.39, 0.29) is 0 Å². The van der Waals surface area contributed by atoms with Crippen LogP contribution in [0.5, 0.6) is 0 Å². The minimum absolute atomic E-state index is 0.331. The fraction of sp³-hybridized carbons (Fsp3) is 0.362. The number of rotatable bonds is 8. The van der Waals surface area contributed by atoms with Gasteiger partial charge in [0.2, 0.25) is 22.8 Å². The quantitative estimate of drug-likeness (QED) is 0.135. The molecule has 4 aromatic heterocycles. The third-order valence-corrected chi connectivity index (χ3v) is 13.7. The van der Waals surface area contributed by atoms with Gasteiger partial charge in [0.05, 0.1) is 0 Å². The summed E-state index contributed by atoms with van der Waals surface area (Å²) in [5.74, 6) is 0.501. The number of benzene rings is 4. The number of nitrogens with zero attached hydrogens (tertiary/aromatic N) is 4. The van der Waals surface area contributed by atoms with Gasteiger partial charge in [0.25, 0.3) is 0 Å². The van der Waals surface area contributed by atoms with Gasteiger partial charge in [0.15, 0.2) is 24.8 Å². The Hall–Kier alpha value is -6.52. The van der Waals surface area contributed by atoms with Gasteiger partial charge in [-0.1, -0.05) is 114 Å². The summed E-state index contributed by atoms with van der Waals surface area (Å²) in [6.07, 6.45) is 6.55. The van der Waals surface area contributed by atoms with Crippen LogP contribution in [0.25, 0.3) is 45.0 Å². The number of aromatic nitrogens is 4. The van der Waals surface area contributed by atoms with Gasteiger partial charge < -0.3 is 0 Å². The standard InChI is InChI=1S/2C18H24N.C17H22N.C16H20N/c1-12(2)17-10-18(19(6)11-15(17)5)16-8-7-13(3)9-14(16)4;1-12(2)17-11-19(6)18(10-15(17)5)16-8-7-13(3)9-14(16)4;1-12(2)15-7-8-16(14(4)10-15)17-9-6-13(3)11-18(17)5;1-5-14-7-9-16(17(4)11-14)15-8-6-12(2)10-13(15)3/h2*7-12H,1-6H3;6-12H,1-5H3;6-11H,5H2,1-4H3/q4*+1/i;;3D3,12D;2D3,5D2. The Morgan fingerprint density at radius 2 is 0.822 bits per heavy atom. The van der Waals surface area contributed by atoms with E-state index in [1.54, 1.807) is 36.7 Å². The molecular formula is C69H90N4+4. The van der Waals surface area contributed by atoms with E-state index in [2.05, 4.69) is 153 Å². The van der Waals surface area contributed by atoms with Gasteiger partial charge in [-0.25, -0.2) is 18.3 Å². The van der Waals surface area contributed by atoms with E-state index in [9.17, 15) is 0 Å². The van der Waals surface area contributed by atoms with E-state index in [1.807, 2.05) is 87.3 Å². The molecule has 4 nitrogen and oxygen atoms in total. The van der Waals surface area contributed by atoms with Crippen LogP contribution in [-0.2, 0) is 34.6 Å². The summed E-state index contributed by atoms with van der Waals surface area (Å²) in [6, 6.07) is 36.3. The van der Waals surface area contributed by atoms with Crippen molar-refractivity contribution in [3.63, 3.8) is 0 Å². The summed E-state index contributed by atoms with van der Waals surface area (Å²) in [7, 11) is 7.99. The molecule has 0 N–H and O–H groups in total. The van der Waals surface area contributed by atoms with E-state index in [0.717, 1.165) is 39.2 Å². The van der Waals surface area contributed by atoms with Crippen molar-refractivity contribution in [2.45, 2.75) is 142 Å². The van der Waals surface area contributed by atoms with E-state index < -0.39 is 26.0 Å². The zero-order valence-electron chi connectivity index (χ0n) is 56.6. The van der Waals surface area contributed by atoms with Crippen molar-refractivity contribution in [1.29, 1.82) is 0 Å². The zero-order valence-corrected chi connectivity index (χ0v) is 47.6. The Morgan fingerprint density at radius 3 is 1.29 bits per heavy atom. The molecule has 0 aliphatic rings. The second kappa shape index (κ2) is 25.4. The SMILES string of the molecule is Cc1ccc(-c2cc(C(C)C)c(C)c[n+]2C)c(C)c1.Cc1ccc(-c2cc(C)c(C(C)C)c[n+]2C)c(C)c1.[2H]C([2H])([2H])c1ccc(-c2ccc(C([2H])(C)C)cc2C)[n+](C)c1.[2H]C([2H])([2H])c1ccc(-c2ccc(C([2H])([2H])C)c[n+]2C)c(C)c1. The monoisotopic (exact) mass is 984 g/mol. The highest BCUT2D eigenvalue weighted by Crippen LogP contribution is 2.29. The largest absolute Gasteiger partial charge is 0.212 e. The highest BCUT2D eigenvalue weighted by atomic mass is 14.9. The molecule has 0 radical (unpaired) electrons. The third kappa shape index (κ3) is 14.8. The second-order valence-electron chi connectivity index (χ2n) is 20.9. The van der Waals surface area contributed by atoms with Gasteiger partial charge in [0, 0.05) is 81.1 Å². The molecule has 0 bridgehead atoms.